The molecule has 0 atom stereocenters. The van der Waals surface area contributed by atoms with E-state index in [1.54, 1.807) is 6.08 Å². The highest BCUT2D eigenvalue weighted by Crippen LogP contribution is 2.32. The van der Waals surface area contributed by atoms with Crippen LogP contribution in [0, 0.1) is 0 Å². The third-order valence-electron chi connectivity index (χ3n) is 7.62. The summed E-state index contributed by atoms with van der Waals surface area (Å²) in [5.74, 6) is -0.900. The Morgan fingerprint density at radius 2 is 1.14 bits per heavy atom. The van der Waals surface area contributed by atoms with Gasteiger partial charge in [-0.3, -0.25) is 19.4 Å². The van der Waals surface area contributed by atoms with Crippen LogP contribution in [0.2, 0.25) is 0 Å². The molecule has 42 heavy (non-hydrogen) atoms. The Kier molecular flexibility index (Phi) is 6.45. The van der Waals surface area contributed by atoms with Crippen molar-refractivity contribution in [3.8, 4) is 0 Å². The number of rotatable bonds is 5. The number of carbonyl (C=O) groups is 2. The number of thiocarbonyl (C=S) groups is 1. The van der Waals surface area contributed by atoms with Crippen molar-refractivity contribution in [3.63, 3.8) is 0 Å². The number of benzene rings is 5. The van der Waals surface area contributed by atoms with Gasteiger partial charge in [0.05, 0.1) is 11.4 Å². The van der Waals surface area contributed by atoms with Gasteiger partial charge in [0.2, 0.25) is 0 Å². The van der Waals surface area contributed by atoms with Crippen molar-refractivity contribution >= 4 is 68.3 Å². The van der Waals surface area contributed by atoms with Crippen molar-refractivity contribution in [3.05, 3.63) is 150 Å². The molecule has 2 heterocycles. The van der Waals surface area contributed by atoms with Gasteiger partial charge in [0.25, 0.3) is 11.8 Å². The molecule has 1 aliphatic rings. The molecule has 0 bridgehead atoms. The minimum atomic E-state index is -0.450. The van der Waals surface area contributed by atoms with E-state index in [-0.39, 0.29) is 10.7 Å². The second-order valence-electron chi connectivity index (χ2n) is 10.2. The lowest BCUT2D eigenvalue weighted by Crippen LogP contribution is -2.56. The molecule has 1 aromatic heterocycles. The molecule has 0 radical (unpaired) electrons. The van der Waals surface area contributed by atoms with Crippen molar-refractivity contribution in [1.82, 2.24) is 4.57 Å². The highest BCUT2D eigenvalue weighted by atomic mass is 32.1. The molecule has 6 aromatic rings. The number of hydrogen-bond donors (Lipinski definition) is 0. The zero-order chi connectivity index (χ0) is 28.6. The van der Waals surface area contributed by atoms with Crippen LogP contribution in [0.1, 0.15) is 11.1 Å². The largest absolute Gasteiger partial charge is 0.342 e. The molecular weight excluding hydrogens is 538 g/mol. The first-order valence-corrected chi connectivity index (χ1v) is 14.1. The lowest BCUT2D eigenvalue weighted by Gasteiger charge is -2.36. The molecule has 1 fully saturated rings. The average molecular weight is 564 g/mol. The van der Waals surface area contributed by atoms with Crippen LogP contribution in [0.4, 0.5) is 11.4 Å². The average Bonchev–Trinajstić information content (AvgIpc) is 3.37. The molecule has 7 rings (SSSR count). The molecule has 0 aliphatic carbocycles. The second-order valence-corrected chi connectivity index (χ2v) is 10.5. The zero-order valence-electron chi connectivity index (χ0n) is 22.6. The number of para-hydroxylation sites is 3. The van der Waals surface area contributed by atoms with Gasteiger partial charge in [-0.2, -0.15) is 0 Å². The Morgan fingerprint density at radius 3 is 1.81 bits per heavy atom. The summed E-state index contributed by atoms with van der Waals surface area (Å²) in [5, 5.41) is 3.46. The van der Waals surface area contributed by atoms with Crippen molar-refractivity contribution in [2.24, 2.45) is 0 Å². The first kappa shape index (κ1) is 25.6. The van der Waals surface area contributed by atoms with Crippen LogP contribution in [0.15, 0.2) is 139 Å². The fraction of sp³-hybridized carbons (Fsp3) is 0.0278. The van der Waals surface area contributed by atoms with Crippen molar-refractivity contribution < 1.29 is 9.59 Å². The maximum atomic E-state index is 14.0. The van der Waals surface area contributed by atoms with Gasteiger partial charge in [-0.15, -0.1) is 0 Å². The molecule has 202 valence electrons. The Hall–Kier alpha value is -5.33. The van der Waals surface area contributed by atoms with Gasteiger partial charge in [0.1, 0.15) is 5.57 Å². The van der Waals surface area contributed by atoms with Crippen LogP contribution < -0.4 is 9.80 Å². The fourth-order valence-electron chi connectivity index (χ4n) is 5.63. The van der Waals surface area contributed by atoms with E-state index in [9.17, 15) is 9.59 Å². The fourth-order valence-corrected chi connectivity index (χ4v) is 6.01. The van der Waals surface area contributed by atoms with Crippen molar-refractivity contribution in [2.45, 2.75) is 6.54 Å². The van der Waals surface area contributed by atoms with E-state index in [1.807, 2.05) is 91.1 Å². The molecule has 1 aliphatic heterocycles. The van der Waals surface area contributed by atoms with Crippen LogP contribution in [0.3, 0.4) is 0 Å². The first-order valence-electron chi connectivity index (χ1n) is 13.7. The summed E-state index contributed by atoms with van der Waals surface area (Å²) < 4.78 is 2.18. The van der Waals surface area contributed by atoms with Gasteiger partial charge in [-0.25, -0.2) is 0 Å². The summed E-state index contributed by atoms with van der Waals surface area (Å²) in [4.78, 5) is 30.9. The maximum Gasteiger partial charge on any atom is 0.270 e. The molecule has 5 nitrogen and oxygen atoms in total. The summed E-state index contributed by atoms with van der Waals surface area (Å²) in [5.41, 5.74) is 4.24. The van der Waals surface area contributed by atoms with Crippen LogP contribution in [0.5, 0.6) is 0 Å². The SMILES string of the molecule is O=C1C(=Cc2cn(Cc3cccc4ccccc34)c3ccccc23)C(=O)N(c2ccccc2)C(=S)N1c1ccccc1. The lowest BCUT2D eigenvalue weighted by atomic mass is 10.0. The summed E-state index contributed by atoms with van der Waals surface area (Å²) in [7, 11) is 0. The van der Waals surface area contributed by atoms with E-state index in [4.69, 9.17) is 12.2 Å². The number of amides is 2. The van der Waals surface area contributed by atoms with Gasteiger partial charge in [-0.1, -0.05) is 97.1 Å². The summed E-state index contributed by atoms with van der Waals surface area (Å²) in [6, 6.07) is 41.1. The monoisotopic (exact) mass is 563 g/mol. The maximum absolute atomic E-state index is 14.0. The van der Waals surface area contributed by atoms with Crippen molar-refractivity contribution in [2.75, 3.05) is 9.80 Å². The molecule has 6 heteroatoms. The minimum absolute atomic E-state index is 0.0457. The highest BCUT2D eigenvalue weighted by Gasteiger charge is 2.41. The van der Waals surface area contributed by atoms with Gasteiger partial charge >= 0.3 is 0 Å². The number of anilines is 2. The quantitative estimate of drug-likeness (QED) is 0.123. The second kappa shape index (κ2) is 10.6. The van der Waals surface area contributed by atoms with E-state index in [0.717, 1.165) is 16.5 Å². The third kappa shape index (κ3) is 4.39. The third-order valence-corrected chi connectivity index (χ3v) is 7.98. The van der Waals surface area contributed by atoms with E-state index >= 15 is 0 Å². The number of carbonyl (C=O) groups excluding carboxylic acids is 2. The van der Waals surface area contributed by atoms with Crippen molar-refractivity contribution in [1.29, 1.82) is 0 Å². The first-order chi connectivity index (χ1) is 20.6. The molecule has 1 saturated heterocycles. The van der Waals surface area contributed by atoms with E-state index in [0.29, 0.717) is 17.9 Å². The molecule has 0 spiro atoms. The number of hydrogen-bond acceptors (Lipinski definition) is 3. The van der Waals surface area contributed by atoms with Crippen LogP contribution >= 0.6 is 12.2 Å². The van der Waals surface area contributed by atoms with E-state index in [1.165, 1.54) is 26.1 Å². The zero-order valence-corrected chi connectivity index (χ0v) is 23.4. The van der Waals surface area contributed by atoms with E-state index < -0.39 is 11.8 Å². The number of aromatic nitrogens is 1. The topological polar surface area (TPSA) is 45.6 Å². The Labute approximate surface area is 248 Å². The van der Waals surface area contributed by atoms with Crippen LogP contribution in [-0.2, 0) is 16.1 Å². The molecule has 0 N–H and O–H groups in total. The predicted molar refractivity (Wildman–Crippen MR) is 173 cm³/mol. The lowest BCUT2D eigenvalue weighted by molar-refractivity contribution is -0.120. The van der Waals surface area contributed by atoms with Gasteiger partial charge in [-0.05, 0) is 65.0 Å². The number of fused-ring (bicyclic) bond motifs is 2. The Bertz CT molecular complexity index is 1960. The highest BCUT2D eigenvalue weighted by molar-refractivity contribution is 7.81. The normalized spacial score (nSPS) is 13.8. The molecule has 5 aromatic carbocycles. The van der Waals surface area contributed by atoms with Gasteiger partial charge in [0.15, 0.2) is 5.11 Å². The van der Waals surface area contributed by atoms with Gasteiger partial charge in [0, 0.05) is 29.2 Å². The smallest absolute Gasteiger partial charge is 0.270 e. The van der Waals surface area contributed by atoms with E-state index in [2.05, 4.69) is 47.0 Å². The standard InChI is InChI=1S/C36H25N3O2S/c40-34-32(35(41)39(29-17-5-2-6-18-29)36(42)38(34)28-15-3-1-4-16-28)22-27-24-37(33-21-10-9-20-31(27)33)23-26-14-11-13-25-12-7-8-19-30(25)26/h1-22,24H,23H2. The summed E-state index contributed by atoms with van der Waals surface area (Å²) in [6.45, 7) is 0.642. The summed E-state index contributed by atoms with van der Waals surface area (Å²) in [6.07, 6.45) is 3.73. The molecular formula is C36H25N3O2S. The van der Waals surface area contributed by atoms with Gasteiger partial charge < -0.3 is 4.57 Å². The molecule has 0 saturated carbocycles. The Morgan fingerprint density at radius 1 is 0.595 bits per heavy atom. The predicted octanol–water partition coefficient (Wildman–Crippen LogP) is 7.59. The molecule has 2 amide bonds. The minimum Gasteiger partial charge on any atom is -0.342 e. The van der Waals surface area contributed by atoms with Crippen LogP contribution in [-0.4, -0.2) is 21.5 Å². The Balaban J connectivity index is 1.37. The summed E-state index contributed by atoms with van der Waals surface area (Å²) >= 11 is 5.76. The number of nitrogens with zero attached hydrogens (tertiary/aromatic N) is 3. The molecule has 0 unspecified atom stereocenters. The van der Waals surface area contributed by atoms with Crippen LogP contribution in [0.25, 0.3) is 27.8 Å².